The number of hydrogen-bond acceptors (Lipinski definition) is 0. The number of halogens is 1. The number of unbranched alkanes of at least 4 members (excludes halogenated alkanes) is 5. The first-order chi connectivity index (χ1) is 13.9. The van der Waals surface area contributed by atoms with Crippen molar-refractivity contribution >= 4 is 23.2 Å². The molecule has 0 saturated carbocycles. The molecule has 0 aliphatic heterocycles. The topological polar surface area (TPSA) is 0 Å². The molecular formula is C27H32IP. The molecule has 0 unspecified atom stereocenters. The lowest BCUT2D eigenvalue weighted by Gasteiger charge is -2.24. The Labute approximate surface area is 194 Å². The molecule has 0 nitrogen and oxygen atoms in total. The van der Waals surface area contributed by atoms with Gasteiger partial charge >= 0.3 is 0 Å². The Morgan fingerprint density at radius 3 is 1.41 bits per heavy atom. The second kappa shape index (κ2) is 13.0. The standard InChI is InChI=1S/C27H32P.HI/c1-2-3-4-5-6-7-17-24-28(25-18-11-8-12-19-25,26-20-13-9-14-21-26)27-22-15-10-16-23-27;/h8-24H,2-7H2,1H3;1H/q+1;/p-1. The van der Waals surface area contributed by atoms with E-state index in [1.165, 1.54) is 48.0 Å². The van der Waals surface area contributed by atoms with Crippen LogP contribution in [0.15, 0.2) is 103 Å². The van der Waals surface area contributed by atoms with Gasteiger partial charge in [-0.05, 0) is 55.3 Å². The molecule has 29 heavy (non-hydrogen) atoms. The summed E-state index contributed by atoms with van der Waals surface area (Å²) in [5, 5.41) is 4.28. The van der Waals surface area contributed by atoms with Gasteiger partial charge in [-0.25, -0.2) is 0 Å². The van der Waals surface area contributed by atoms with Crippen LogP contribution < -0.4 is 39.9 Å². The van der Waals surface area contributed by atoms with E-state index >= 15 is 0 Å². The minimum absolute atomic E-state index is 0. The lowest BCUT2D eigenvalue weighted by Crippen LogP contribution is -3.00. The third kappa shape index (κ3) is 6.27. The number of benzene rings is 3. The molecule has 0 heterocycles. The second-order valence-electron chi connectivity index (χ2n) is 7.32. The third-order valence-electron chi connectivity index (χ3n) is 5.29. The lowest BCUT2D eigenvalue weighted by atomic mass is 10.1. The first-order valence-electron chi connectivity index (χ1n) is 10.6. The highest BCUT2D eigenvalue weighted by Crippen LogP contribution is 2.56. The van der Waals surface area contributed by atoms with Crippen LogP contribution in [0.25, 0.3) is 0 Å². The fourth-order valence-corrected chi connectivity index (χ4v) is 7.60. The Hall–Kier alpha value is -1.44. The van der Waals surface area contributed by atoms with Crippen LogP contribution in [-0.2, 0) is 0 Å². The number of allylic oxidation sites excluding steroid dienone is 1. The van der Waals surface area contributed by atoms with Crippen LogP contribution in [0.1, 0.15) is 45.4 Å². The van der Waals surface area contributed by atoms with E-state index in [0.717, 1.165) is 6.42 Å². The van der Waals surface area contributed by atoms with E-state index in [1.807, 2.05) is 0 Å². The molecule has 0 atom stereocenters. The van der Waals surface area contributed by atoms with Gasteiger partial charge < -0.3 is 24.0 Å². The van der Waals surface area contributed by atoms with Gasteiger partial charge in [-0.2, -0.15) is 0 Å². The fraction of sp³-hybridized carbons (Fsp3) is 0.259. The summed E-state index contributed by atoms with van der Waals surface area (Å²) in [5.41, 5.74) is 0. The van der Waals surface area contributed by atoms with Crippen LogP contribution in [0, 0.1) is 0 Å². The maximum atomic E-state index is 2.55. The van der Waals surface area contributed by atoms with Crippen molar-refractivity contribution in [1.29, 1.82) is 0 Å². The summed E-state index contributed by atoms with van der Waals surface area (Å²) in [6, 6.07) is 33.2. The largest absolute Gasteiger partial charge is 1.00 e. The summed E-state index contributed by atoms with van der Waals surface area (Å²) in [7, 11) is -1.80. The van der Waals surface area contributed by atoms with Crippen LogP contribution in [-0.4, -0.2) is 0 Å². The monoisotopic (exact) mass is 514 g/mol. The average Bonchev–Trinajstić information content (AvgIpc) is 2.78. The SMILES string of the molecule is CCCCCCCC=C[P+](c1ccccc1)(c1ccccc1)c1ccccc1.[I-]. The maximum Gasteiger partial charge on any atom is 0.136 e. The van der Waals surface area contributed by atoms with E-state index in [9.17, 15) is 0 Å². The van der Waals surface area contributed by atoms with Crippen LogP contribution in [0.4, 0.5) is 0 Å². The van der Waals surface area contributed by atoms with Gasteiger partial charge in [-0.1, -0.05) is 87.2 Å². The first-order valence-corrected chi connectivity index (χ1v) is 12.5. The molecule has 3 rings (SSSR count). The van der Waals surface area contributed by atoms with Gasteiger partial charge in [0, 0.05) is 0 Å². The highest BCUT2D eigenvalue weighted by Gasteiger charge is 2.42. The average molecular weight is 514 g/mol. The zero-order chi connectivity index (χ0) is 19.5. The predicted octanol–water partition coefficient (Wildman–Crippen LogP) is 3.86. The molecule has 0 fully saturated rings. The normalized spacial score (nSPS) is 11.3. The molecule has 0 radical (unpaired) electrons. The molecule has 152 valence electrons. The molecular weight excluding hydrogens is 482 g/mol. The molecule has 3 aromatic carbocycles. The van der Waals surface area contributed by atoms with Crippen LogP contribution in [0.3, 0.4) is 0 Å². The summed E-state index contributed by atoms with van der Waals surface area (Å²) in [6.07, 6.45) is 10.3. The van der Waals surface area contributed by atoms with E-state index < -0.39 is 7.26 Å². The van der Waals surface area contributed by atoms with Crippen molar-refractivity contribution in [3.63, 3.8) is 0 Å². The minimum atomic E-state index is -1.80. The van der Waals surface area contributed by atoms with E-state index in [-0.39, 0.29) is 24.0 Å². The molecule has 0 N–H and O–H groups in total. The zero-order valence-electron chi connectivity index (χ0n) is 17.4. The summed E-state index contributed by atoms with van der Waals surface area (Å²) in [6.45, 7) is 2.28. The van der Waals surface area contributed by atoms with E-state index in [4.69, 9.17) is 0 Å². The van der Waals surface area contributed by atoms with E-state index in [1.54, 1.807) is 0 Å². The van der Waals surface area contributed by atoms with Crippen LogP contribution >= 0.6 is 7.26 Å². The Morgan fingerprint density at radius 1 is 0.586 bits per heavy atom. The highest BCUT2D eigenvalue weighted by molar-refractivity contribution is 7.98. The summed E-state index contributed by atoms with van der Waals surface area (Å²) in [5.74, 6) is 2.55. The first kappa shape index (κ1) is 23.8. The van der Waals surface area contributed by atoms with Crippen molar-refractivity contribution in [3.8, 4) is 0 Å². The molecule has 0 bridgehead atoms. The zero-order valence-corrected chi connectivity index (χ0v) is 20.4. The quantitative estimate of drug-likeness (QED) is 0.219. The molecule has 0 aromatic heterocycles. The fourth-order valence-electron chi connectivity index (χ4n) is 3.79. The molecule has 0 saturated heterocycles. The Morgan fingerprint density at radius 2 is 1.00 bits per heavy atom. The molecule has 0 aliphatic rings. The lowest BCUT2D eigenvalue weighted by molar-refractivity contribution is -0.00000559. The van der Waals surface area contributed by atoms with Crippen molar-refractivity contribution in [1.82, 2.24) is 0 Å². The van der Waals surface area contributed by atoms with Gasteiger partial charge in [0.05, 0.1) is 5.82 Å². The molecule has 0 amide bonds. The summed E-state index contributed by atoms with van der Waals surface area (Å²) >= 11 is 0. The molecule has 0 spiro atoms. The summed E-state index contributed by atoms with van der Waals surface area (Å²) < 4.78 is 0. The van der Waals surface area contributed by atoms with E-state index in [0.29, 0.717) is 0 Å². The predicted molar refractivity (Wildman–Crippen MR) is 128 cm³/mol. The summed E-state index contributed by atoms with van der Waals surface area (Å²) in [4.78, 5) is 0. The van der Waals surface area contributed by atoms with Gasteiger partial charge in [0.15, 0.2) is 0 Å². The minimum Gasteiger partial charge on any atom is -1.00 e. The van der Waals surface area contributed by atoms with Crippen molar-refractivity contribution < 1.29 is 24.0 Å². The van der Waals surface area contributed by atoms with E-state index in [2.05, 4.69) is 110 Å². The van der Waals surface area contributed by atoms with Gasteiger partial charge in [-0.15, -0.1) is 0 Å². The second-order valence-corrected chi connectivity index (χ2v) is 10.6. The Bertz CT molecular complexity index is 732. The molecule has 2 heteroatoms. The molecule has 3 aromatic rings. The smallest absolute Gasteiger partial charge is 0.136 e. The van der Waals surface area contributed by atoms with Gasteiger partial charge in [-0.3, -0.25) is 0 Å². The Kier molecular flexibility index (Phi) is 10.7. The van der Waals surface area contributed by atoms with Gasteiger partial charge in [0.1, 0.15) is 23.2 Å². The number of hydrogen-bond donors (Lipinski definition) is 0. The van der Waals surface area contributed by atoms with Crippen LogP contribution in [0.2, 0.25) is 0 Å². The van der Waals surface area contributed by atoms with Crippen molar-refractivity contribution in [2.45, 2.75) is 45.4 Å². The van der Waals surface area contributed by atoms with Gasteiger partial charge in [0.2, 0.25) is 0 Å². The maximum absolute atomic E-state index is 2.55. The van der Waals surface area contributed by atoms with Crippen molar-refractivity contribution in [2.24, 2.45) is 0 Å². The Balaban J connectivity index is 0.00000300. The van der Waals surface area contributed by atoms with Crippen LogP contribution in [0.5, 0.6) is 0 Å². The third-order valence-corrected chi connectivity index (χ3v) is 9.29. The molecule has 0 aliphatic carbocycles. The van der Waals surface area contributed by atoms with Gasteiger partial charge in [0.25, 0.3) is 0 Å². The number of rotatable bonds is 10. The highest BCUT2D eigenvalue weighted by atomic mass is 127. The van der Waals surface area contributed by atoms with Crippen molar-refractivity contribution in [3.05, 3.63) is 103 Å². The van der Waals surface area contributed by atoms with Crippen molar-refractivity contribution in [2.75, 3.05) is 0 Å².